The number of rotatable bonds is 20. The van der Waals surface area contributed by atoms with Gasteiger partial charge in [0.25, 0.3) is 0 Å². The Labute approximate surface area is 374 Å². The number of hydrogen-bond donors (Lipinski definition) is 0. The van der Waals surface area contributed by atoms with Crippen molar-refractivity contribution in [2.75, 3.05) is 13.2 Å². The van der Waals surface area contributed by atoms with Crippen molar-refractivity contribution < 1.29 is 9.47 Å². The fourth-order valence-electron chi connectivity index (χ4n) is 15.8. The predicted octanol–water partition coefficient (Wildman–Crippen LogP) is 15.2. The number of ether oxygens (including phenoxy) is 2. The van der Waals surface area contributed by atoms with Crippen LogP contribution in [0, 0.1) is 47.3 Å². The van der Waals surface area contributed by atoms with Crippen LogP contribution in [0.3, 0.4) is 0 Å². The van der Waals surface area contributed by atoms with E-state index in [2.05, 4.69) is 51.3 Å². The normalized spacial score (nSPS) is 41.6. The molecule has 0 aliphatic heterocycles. The zero-order chi connectivity index (χ0) is 41.8. The van der Waals surface area contributed by atoms with Gasteiger partial charge in [0.15, 0.2) is 0 Å². The van der Waals surface area contributed by atoms with E-state index in [1.54, 1.807) is 12.8 Å². The van der Waals surface area contributed by atoms with Crippen molar-refractivity contribution in [3.63, 3.8) is 0 Å². The summed E-state index contributed by atoms with van der Waals surface area (Å²) in [6.07, 6.45) is 46.4. The van der Waals surface area contributed by atoms with Crippen molar-refractivity contribution >= 4 is 0 Å². The largest absolute Gasteiger partial charge is 0.378 e. The summed E-state index contributed by atoms with van der Waals surface area (Å²) in [4.78, 5) is 6.94. The van der Waals surface area contributed by atoms with Crippen molar-refractivity contribution in [3.8, 4) is 0 Å². The summed E-state index contributed by atoms with van der Waals surface area (Å²) >= 11 is 0. The summed E-state index contributed by atoms with van der Waals surface area (Å²) in [5.74, 6) is 7.36. The van der Waals surface area contributed by atoms with E-state index in [1.807, 2.05) is 0 Å². The van der Waals surface area contributed by atoms with Crippen LogP contribution < -0.4 is 0 Å². The maximum Gasteiger partial charge on any atom is 0.0576 e. The lowest BCUT2D eigenvalue weighted by molar-refractivity contribution is -0.161. The van der Waals surface area contributed by atoms with Crippen molar-refractivity contribution in [1.82, 2.24) is 9.80 Å². The molecule has 0 N–H and O–H groups in total. The Bertz CT molecular complexity index is 1070. The van der Waals surface area contributed by atoms with Crippen LogP contribution >= 0.6 is 0 Å². The molecule has 0 aromatic rings. The van der Waals surface area contributed by atoms with Crippen LogP contribution in [0.15, 0.2) is 0 Å². The van der Waals surface area contributed by atoms with Crippen LogP contribution in [0.2, 0.25) is 0 Å². The molecule has 60 heavy (non-hydrogen) atoms. The molecule has 348 valence electrons. The van der Waals surface area contributed by atoms with Gasteiger partial charge in [-0.1, -0.05) is 106 Å². The van der Waals surface area contributed by atoms with Gasteiger partial charge in [0.05, 0.1) is 12.2 Å². The monoisotopic (exact) mass is 835 g/mol. The maximum absolute atomic E-state index is 6.59. The Morgan fingerprint density at radius 1 is 0.367 bits per heavy atom. The van der Waals surface area contributed by atoms with Gasteiger partial charge < -0.3 is 9.47 Å². The maximum atomic E-state index is 6.59. The summed E-state index contributed by atoms with van der Waals surface area (Å²) in [6, 6.07) is 4.85. The summed E-state index contributed by atoms with van der Waals surface area (Å²) in [6.45, 7) is 16.6. The number of hydrogen-bond acceptors (Lipinski definition) is 4. The minimum Gasteiger partial charge on any atom is -0.378 e. The summed E-state index contributed by atoms with van der Waals surface area (Å²) < 4.78 is 13.2. The van der Waals surface area contributed by atoms with E-state index in [1.165, 1.54) is 193 Å². The van der Waals surface area contributed by atoms with Gasteiger partial charge in [-0.3, -0.25) is 9.80 Å². The predicted molar refractivity (Wildman–Crippen MR) is 256 cm³/mol. The van der Waals surface area contributed by atoms with Gasteiger partial charge in [0.2, 0.25) is 0 Å². The summed E-state index contributed by atoms with van der Waals surface area (Å²) in [7, 11) is 0. The molecular weight excluding hydrogens is 733 g/mol. The fourth-order valence-corrected chi connectivity index (χ4v) is 15.8. The average Bonchev–Trinajstić information content (AvgIpc) is 3.28. The summed E-state index contributed by atoms with van der Waals surface area (Å²) in [5.41, 5.74) is 0. The van der Waals surface area contributed by atoms with E-state index < -0.39 is 0 Å². The first-order valence-electron chi connectivity index (χ1n) is 28.2. The highest BCUT2D eigenvalue weighted by Gasteiger charge is 2.59. The lowest BCUT2D eigenvalue weighted by Crippen LogP contribution is -2.69. The van der Waals surface area contributed by atoms with E-state index in [-0.39, 0.29) is 0 Å². The van der Waals surface area contributed by atoms with Crippen molar-refractivity contribution in [2.45, 2.75) is 295 Å². The number of unbranched alkanes of at least 4 members (excludes halogenated alkanes) is 4. The molecule has 0 radical (unpaired) electrons. The van der Waals surface area contributed by atoms with E-state index in [0.29, 0.717) is 12.2 Å². The first-order valence-corrected chi connectivity index (χ1v) is 28.2. The SMILES string of the molecule is CCCCOC1CCC(N(C2CCC(C)CC2)C2C3CCC(CCCC)CC3C(N(C3CCC(C)CC3)C3CCC(OCCCC)CC3)C3CCC(CCCC)CC32)CC1. The van der Waals surface area contributed by atoms with Crippen LogP contribution in [0.25, 0.3) is 0 Å². The molecule has 7 saturated carbocycles. The topological polar surface area (TPSA) is 24.9 Å². The average molecular weight is 835 g/mol. The number of fused-ring (bicyclic) bond motifs is 2. The van der Waals surface area contributed by atoms with Gasteiger partial charge in [-0.2, -0.15) is 0 Å². The minimum absolute atomic E-state index is 0.512. The van der Waals surface area contributed by atoms with Gasteiger partial charge in [-0.05, 0) is 189 Å². The number of nitrogens with zero attached hydrogens (tertiary/aromatic N) is 2. The highest BCUT2D eigenvalue weighted by atomic mass is 16.5. The fraction of sp³-hybridized carbons (Fsp3) is 1.00. The molecule has 4 heteroatoms. The molecule has 0 heterocycles. The molecule has 7 aliphatic rings. The Balaban J connectivity index is 1.26. The molecular formula is C56H102N2O2. The molecule has 0 aromatic carbocycles. The first-order chi connectivity index (χ1) is 29.4. The van der Waals surface area contributed by atoms with E-state index in [0.717, 1.165) is 96.8 Å². The lowest BCUT2D eigenvalue weighted by atomic mass is 9.51. The molecule has 0 spiro atoms. The quantitative estimate of drug-likeness (QED) is 0.114. The van der Waals surface area contributed by atoms with Gasteiger partial charge >= 0.3 is 0 Å². The molecule has 0 amide bonds. The van der Waals surface area contributed by atoms with Crippen molar-refractivity contribution in [2.24, 2.45) is 47.3 Å². The van der Waals surface area contributed by atoms with E-state index in [4.69, 9.17) is 9.47 Å². The van der Waals surface area contributed by atoms with E-state index >= 15 is 0 Å². The Morgan fingerprint density at radius 2 is 0.700 bits per heavy atom. The van der Waals surface area contributed by atoms with Crippen LogP contribution in [0.5, 0.6) is 0 Å². The molecule has 7 aliphatic carbocycles. The molecule has 0 saturated heterocycles. The lowest BCUT2D eigenvalue weighted by Gasteiger charge is -2.65. The van der Waals surface area contributed by atoms with Gasteiger partial charge in [-0.15, -0.1) is 0 Å². The van der Waals surface area contributed by atoms with Gasteiger partial charge in [0.1, 0.15) is 0 Å². The highest BCUT2D eigenvalue weighted by Crippen LogP contribution is 2.59. The van der Waals surface area contributed by atoms with Gasteiger partial charge in [0, 0.05) is 49.5 Å². The highest BCUT2D eigenvalue weighted by molar-refractivity contribution is 5.12. The van der Waals surface area contributed by atoms with Crippen molar-refractivity contribution in [1.29, 1.82) is 0 Å². The second-order valence-electron chi connectivity index (χ2n) is 23.3. The van der Waals surface area contributed by atoms with Crippen LogP contribution in [-0.2, 0) is 9.47 Å². The zero-order valence-electron chi connectivity index (χ0n) is 41.0. The molecule has 0 aromatic heterocycles. The van der Waals surface area contributed by atoms with E-state index in [9.17, 15) is 0 Å². The molecule has 8 unspecified atom stereocenters. The Morgan fingerprint density at radius 3 is 1.03 bits per heavy atom. The first kappa shape index (κ1) is 47.8. The van der Waals surface area contributed by atoms with Gasteiger partial charge in [-0.25, -0.2) is 0 Å². The second kappa shape index (κ2) is 24.4. The molecule has 7 fully saturated rings. The standard InChI is InChI=1S/C56H102N2O2/c1-7-11-15-43-21-35-51-53(39-43)55(57(45-23-17-41(5)18-24-45)47-27-31-49(32-28-47)59-37-13-9-3)52-36-22-44(16-12-8-2)40-54(52)56(51)58(46-25-19-42(6)20-26-46)48-29-33-50(34-30-48)60-38-14-10-4/h41-56H,7-40H2,1-6H3. The minimum atomic E-state index is 0.512. The molecule has 0 bridgehead atoms. The Kier molecular flexibility index (Phi) is 19.4. The second-order valence-corrected chi connectivity index (χ2v) is 23.3. The Hall–Kier alpha value is -0.160. The smallest absolute Gasteiger partial charge is 0.0576 e. The van der Waals surface area contributed by atoms with Crippen LogP contribution in [0.1, 0.15) is 247 Å². The van der Waals surface area contributed by atoms with Crippen LogP contribution in [-0.4, -0.2) is 71.5 Å². The third-order valence-corrected chi connectivity index (χ3v) is 19.2. The molecule has 4 nitrogen and oxygen atoms in total. The third kappa shape index (κ3) is 12.2. The third-order valence-electron chi connectivity index (χ3n) is 19.2. The summed E-state index contributed by atoms with van der Waals surface area (Å²) in [5, 5.41) is 0. The van der Waals surface area contributed by atoms with Crippen molar-refractivity contribution in [3.05, 3.63) is 0 Å². The van der Waals surface area contributed by atoms with Crippen LogP contribution in [0.4, 0.5) is 0 Å². The molecule has 8 atom stereocenters. The zero-order valence-corrected chi connectivity index (χ0v) is 41.0. The molecule has 7 rings (SSSR count).